The molecule has 0 spiro atoms. The van der Waals surface area contributed by atoms with Gasteiger partial charge in [0.15, 0.2) is 0 Å². The predicted octanol–water partition coefficient (Wildman–Crippen LogP) is 2.73. The summed E-state index contributed by atoms with van der Waals surface area (Å²) in [7, 11) is 1.79. The van der Waals surface area contributed by atoms with Gasteiger partial charge in [-0.1, -0.05) is 15.9 Å². The van der Waals surface area contributed by atoms with E-state index in [0.717, 1.165) is 4.47 Å². The Morgan fingerprint density at radius 2 is 2.17 bits per heavy atom. The fraction of sp³-hybridized carbons (Fsp3) is 0.250. The van der Waals surface area contributed by atoms with E-state index in [1.165, 1.54) is 6.07 Å². The minimum Gasteiger partial charge on any atom is -0.316 e. The number of rotatable bonds is 2. The molecular weight excluding hydrogens is 244 g/mol. The molecule has 0 aliphatic rings. The number of halogens is 3. The van der Waals surface area contributed by atoms with Gasteiger partial charge in [-0.25, -0.2) is 4.39 Å². The van der Waals surface area contributed by atoms with Crippen LogP contribution in [-0.4, -0.2) is 7.05 Å². The quantitative estimate of drug-likeness (QED) is 0.856. The van der Waals surface area contributed by atoms with Crippen LogP contribution in [0.1, 0.15) is 5.56 Å². The first kappa shape index (κ1) is 11.9. The Hall–Kier alpha value is -0.120. The molecule has 0 bridgehead atoms. The molecular formula is C8H10BrClFN. The maximum absolute atomic E-state index is 12.9. The van der Waals surface area contributed by atoms with Gasteiger partial charge in [-0.05, 0) is 25.2 Å². The fourth-order valence-electron chi connectivity index (χ4n) is 0.869. The van der Waals surface area contributed by atoms with Crippen LogP contribution in [0.3, 0.4) is 0 Å². The molecule has 1 rings (SSSR count). The van der Waals surface area contributed by atoms with Gasteiger partial charge in [0.1, 0.15) is 5.82 Å². The smallest absolute Gasteiger partial charge is 0.127 e. The molecule has 68 valence electrons. The van der Waals surface area contributed by atoms with Gasteiger partial charge in [0.2, 0.25) is 0 Å². The molecule has 0 radical (unpaired) electrons. The van der Waals surface area contributed by atoms with Gasteiger partial charge < -0.3 is 5.32 Å². The largest absolute Gasteiger partial charge is 0.316 e. The summed E-state index contributed by atoms with van der Waals surface area (Å²) in [6, 6.07) is 4.91. The van der Waals surface area contributed by atoms with E-state index < -0.39 is 0 Å². The number of benzene rings is 1. The molecule has 0 aliphatic carbocycles. The average Bonchev–Trinajstić information content (AvgIpc) is 1.98. The van der Waals surface area contributed by atoms with Gasteiger partial charge in [0.25, 0.3) is 0 Å². The first-order valence-electron chi connectivity index (χ1n) is 3.32. The molecule has 1 aromatic carbocycles. The van der Waals surface area contributed by atoms with Crippen molar-refractivity contribution in [2.45, 2.75) is 6.54 Å². The normalized spacial score (nSPS) is 9.25. The lowest BCUT2D eigenvalue weighted by Crippen LogP contribution is -2.06. The summed E-state index contributed by atoms with van der Waals surface area (Å²) < 4.78 is 13.8. The van der Waals surface area contributed by atoms with Crippen molar-refractivity contribution >= 4 is 28.3 Å². The van der Waals surface area contributed by atoms with Crippen LogP contribution in [0.5, 0.6) is 0 Å². The lowest BCUT2D eigenvalue weighted by molar-refractivity contribution is 0.600. The van der Waals surface area contributed by atoms with E-state index in [0.29, 0.717) is 12.1 Å². The van der Waals surface area contributed by atoms with E-state index in [9.17, 15) is 4.39 Å². The van der Waals surface area contributed by atoms with Gasteiger partial charge in [0, 0.05) is 16.6 Å². The molecule has 0 heterocycles. The second kappa shape index (κ2) is 5.51. The zero-order chi connectivity index (χ0) is 8.27. The Kier molecular flexibility index (Phi) is 5.46. The highest BCUT2D eigenvalue weighted by Crippen LogP contribution is 2.14. The summed E-state index contributed by atoms with van der Waals surface area (Å²) in [6.45, 7) is 0.561. The highest BCUT2D eigenvalue weighted by molar-refractivity contribution is 9.10. The number of hydrogen-bond acceptors (Lipinski definition) is 1. The van der Waals surface area contributed by atoms with Crippen LogP contribution in [0, 0.1) is 5.82 Å². The lowest BCUT2D eigenvalue weighted by Gasteiger charge is -2.01. The van der Waals surface area contributed by atoms with E-state index in [-0.39, 0.29) is 18.2 Å². The lowest BCUT2D eigenvalue weighted by atomic mass is 10.2. The topological polar surface area (TPSA) is 12.0 Å². The van der Waals surface area contributed by atoms with Crippen molar-refractivity contribution in [1.82, 2.24) is 5.32 Å². The van der Waals surface area contributed by atoms with Crippen molar-refractivity contribution < 1.29 is 4.39 Å². The number of hydrogen-bond donors (Lipinski definition) is 1. The summed E-state index contributed by atoms with van der Waals surface area (Å²) in [4.78, 5) is 0. The summed E-state index contributed by atoms with van der Waals surface area (Å²) in [5, 5.41) is 2.89. The van der Waals surface area contributed by atoms with E-state index in [4.69, 9.17) is 0 Å². The highest BCUT2D eigenvalue weighted by atomic mass is 79.9. The van der Waals surface area contributed by atoms with Gasteiger partial charge in [-0.2, -0.15) is 0 Å². The third-order valence-electron chi connectivity index (χ3n) is 1.37. The molecule has 0 saturated heterocycles. The minimum atomic E-state index is -0.164. The Balaban J connectivity index is 0.00000121. The van der Waals surface area contributed by atoms with Gasteiger partial charge in [-0.15, -0.1) is 12.4 Å². The second-order valence-corrected chi connectivity index (χ2v) is 3.18. The van der Waals surface area contributed by atoms with E-state index in [2.05, 4.69) is 21.2 Å². The van der Waals surface area contributed by atoms with Crippen LogP contribution < -0.4 is 5.32 Å². The molecule has 0 saturated carbocycles. The Morgan fingerprint density at radius 1 is 1.50 bits per heavy atom. The van der Waals surface area contributed by atoms with Crippen molar-refractivity contribution in [3.63, 3.8) is 0 Å². The Morgan fingerprint density at radius 3 is 2.75 bits per heavy atom. The summed E-state index contributed by atoms with van der Waals surface area (Å²) in [6.07, 6.45) is 0. The molecule has 0 aliphatic heterocycles. The average molecular weight is 255 g/mol. The Labute approximate surface area is 85.9 Å². The van der Waals surface area contributed by atoms with Crippen LogP contribution in [0.4, 0.5) is 4.39 Å². The van der Waals surface area contributed by atoms with E-state index in [1.54, 1.807) is 19.2 Å². The zero-order valence-electron chi connectivity index (χ0n) is 6.60. The summed E-state index contributed by atoms with van der Waals surface area (Å²) in [5.74, 6) is -0.164. The maximum Gasteiger partial charge on any atom is 0.127 e. The molecule has 0 aromatic heterocycles. The molecule has 1 N–H and O–H groups in total. The molecule has 12 heavy (non-hydrogen) atoms. The molecule has 0 fully saturated rings. The molecule has 1 aromatic rings. The van der Waals surface area contributed by atoms with Crippen molar-refractivity contribution in [1.29, 1.82) is 0 Å². The third-order valence-corrected chi connectivity index (χ3v) is 1.87. The highest BCUT2D eigenvalue weighted by Gasteiger charge is 1.99. The van der Waals surface area contributed by atoms with E-state index in [1.807, 2.05) is 0 Å². The number of nitrogens with one attached hydrogen (secondary N) is 1. The van der Waals surface area contributed by atoms with E-state index >= 15 is 0 Å². The minimum absolute atomic E-state index is 0. The van der Waals surface area contributed by atoms with Crippen molar-refractivity contribution in [3.8, 4) is 0 Å². The first-order valence-corrected chi connectivity index (χ1v) is 4.12. The molecule has 0 unspecified atom stereocenters. The standard InChI is InChI=1S/C8H9BrFN.ClH/c1-11-5-6-4-7(9)2-3-8(6)10;/h2-4,11H,5H2,1H3;1H. The molecule has 1 nitrogen and oxygen atoms in total. The predicted molar refractivity (Wildman–Crippen MR) is 54.1 cm³/mol. The Bertz CT molecular complexity index is 255. The van der Waals surface area contributed by atoms with Crippen LogP contribution in [0.15, 0.2) is 22.7 Å². The van der Waals surface area contributed by atoms with Crippen LogP contribution in [-0.2, 0) is 6.54 Å². The van der Waals surface area contributed by atoms with Crippen LogP contribution >= 0.6 is 28.3 Å². The second-order valence-electron chi connectivity index (χ2n) is 2.27. The zero-order valence-corrected chi connectivity index (χ0v) is 9.01. The van der Waals surface area contributed by atoms with Gasteiger partial charge in [0.05, 0.1) is 0 Å². The molecule has 4 heteroatoms. The van der Waals surface area contributed by atoms with Gasteiger partial charge in [-0.3, -0.25) is 0 Å². The summed E-state index contributed by atoms with van der Waals surface area (Å²) >= 11 is 3.27. The first-order chi connectivity index (χ1) is 5.24. The molecule has 0 atom stereocenters. The monoisotopic (exact) mass is 253 g/mol. The van der Waals surface area contributed by atoms with Crippen LogP contribution in [0.2, 0.25) is 0 Å². The summed E-state index contributed by atoms with van der Waals surface area (Å²) in [5.41, 5.74) is 0.682. The third kappa shape index (κ3) is 3.09. The fourth-order valence-corrected chi connectivity index (χ4v) is 1.28. The van der Waals surface area contributed by atoms with Crippen molar-refractivity contribution in [2.24, 2.45) is 0 Å². The molecule has 0 amide bonds. The SMILES string of the molecule is CNCc1cc(Br)ccc1F.Cl. The van der Waals surface area contributed by atoms with Gasteiger partial charge >= 0.3 is 0 Å². The maximum atomic E-state index is 12.9. The van der Waals surface area contributed by atoms with Crippen molar-refractivity contribution in [2.75, 3.05) is 7.05 Å². The van der Waals surface area contributed by atoms with Crippen LogP contribution in [0.25, 0.3) is 0 Å². The van der Waals surface area contributed by atoms with Crippen molar-refractivity contribution in [3.05, 3.63) is 34.1 Å².